The second-order valence-corrected chi connectivity index (χ2v) is 7.52. The number of hydrogen-bond donors (Lipinski definition) is 0. The Morgan fingerprint density at radius 2 is 1.83 bits per heavy atom. The van der Waals surface area contributed by atoms with Crippen LogP contribution in [-0.2, 0) is 0 Å². The Labute approximate surface area is 168 Å². The molecule has 0 saturated carbocycles. The van der Waals surface area contributed by atoms with E-state index in [1.165, 1.54) is 46.2 Å². The van der Waals surface area contributed by atoms with Crippen LogP contribution in [0.4, 0.5) is 5.69 Å². The largest absolute Gasteiger partial charge is 0.270 e. The standard InChI is InChI=1S/C25H20N2O2/c28-27(29)20-11-6-10-19(15-20)24-16-22(17-7-2-1-3-8-17)25-21-12-5-4-9-18(21)13-14-23(25)26-24/h4-7,9-16H,1-3,8H2. The van der Waals surface area contributed by atoms with Gasteiger partial charge in [0.25, 0.3) is 5.69 Å². The van der Waals surface area contributed by atoms with Crippen LogP contribution in [0.1, 0.15) is 31.2 Å². The van der Waals surface area contributed by atoms with Crippen LogP contribution in [-0.4, -0.2) is 9.91 Å². The lowest BCUT2D eigenvalue weighted by molar-refractivity contribution is -0.384. The van der Waals surface area contributed by atoms with Gasteiger partial charge in [-0.1, -0.05) is 48.5 Å². The first kappa shape index (κ1) is 17.6. The zero-order chi connectivity index (χ0) is 19.8. The first-order chi connectivity index (χ1) is 14.2. The smallest absolute Gasteiger partial charge is 0.258 e. The number of pyridine rings is 1. The summed E-state index contributed by atoms with van der Waals surface area (Å²) in [7, 11) is 0. The molecular formula is C25H20N2O2. The number of non-ortho nitro benzene ring substituents is 1. The highest BCUT2D eigenvalue weighted by molar-refractivity contribution is 6.11. The third-order valence-corrected chi connectivity index (χ3v) is 5.69. The molecule has 4 aromatic rings. The molecule has 0 fully saturated rings. The van der Waals surface area contributed by atoms with Gasteiger partial charge < -0.3 is 0 Å². The van der Waals surface area contributed by atoms with E-state index in [1.807, 2.05) is 6.07 Å². The molecule has 1 heterocycles. The quantitative estimate of drug-likeness (QED) is 0.220. The summed E-state index contributed by atoms with van der Waals surface area (Å²) in [5.41, 5.74) is 5.11. The second-order valence-electron chi connectivity index (χ2n) is 7.52. The van der Waals surface area contributed by atoms with Crippen LogP contribution in [0.15, 0.2) is 72.8 Å². The number of allylic oxidation sites excluding steroid dienone is 2. The number of rotatable bonds is 3. The number of aromatic nitrogens is 1. The lowest BCUT2D eigenvalue weighted by Crippen LogP contribution is -1.97. The Morgan fingerprint density at radius 3 is 2.66 bits per heavy atom. The van der Waals surface area contributed by atoms with E-state index in [1.54, 1.807) is 12.1 Å². The van der Waals surface area contributed by atoms with Gasteiger partial charge in [0, 0.05) is 23.1 Å². The molecule has 29 heavy (non-hydrogen) atoms. The van der Waals surface area contributed by atoms with Gasteiger partial charge in [-0.2, -0.15) is 0 Å². The predicted molar refractivity (Wildman–Crippen MR) is 118 cm³/mol. The molecule has 4 heteroatoms. The van der Waals surface area contributed by atoms with Crippen LogP contribution in [0.25, 0.3) is 38.5 Å². The molecule has 3 aromatic carbocycles. The minimum atomic E-state index is -0.359. The van der Waals surface area contributed by atoms with Crippen molar-refractivity contribution in [1.29, 1.82) is 0 Å². The van der Waals surface area contributed by atoms with Crippen molar-refractivity contribution in [2.45, 2.75) is 25.7 Å². The van der Waals surface area contributed by atoms with Crippen molar-refractivity contribution in [3.05, 3.63) is 88.5 Å². The average Bonchev–Trinajstić information content (AvgIpc) is 2.78. The summed E-state index contributed by atoms with van der Waals surface area (Å²) in [4.78, 5) is 15.8. The maximum Gasteiger partial charge on any atom is 0.270 e. The summed E-state index contributed by atoms with van der Waals surface area (Å²) >= 11 is 0. The maximum absolute atomic E-state index is 11.2. The lowest BCUT2D eigenvalue weighted by Gasteiger charge is -2.18. The Hall–Kier alpha value is -3.53. The summed E-state index contributed by atoms with van der Waals surface area (Å²) in [5.74, 6) is 0. The van der Waals surface area contributed by atoms with Gasteiger partial charge >= 0.3 is 0 Å². The van der Waals surface area contributed by atoms with E-state index < -0.39 is 0 Å². The molecule has 0 bridgehead atoms. The summed E-state index contributed by atoms with van der Waals surface area (Å²) in [6.45, 7) is 0. The van der Waals surface area contributed by atoms with Crippen LogP contribution in [0.2, 0.25) is 0 Å². The lowest BCUT2D eigenvalue weighted by atomic mass is 9.89. The zero-order valence-electron chi connectivity index (χ0n) is 16.0. The van der Waals surface area contributed by atoms with E-state index in [-0.39, 0.29) is 10.6 Å². The highest BCUT2D eigenvalue weighted by Crippen LogP contribution is 2.37. The Kier molecular flexibility index (Phi) is 4.32. The SMILES string of the molecule is O=[N+]([O-])c1cccc(-c2cc(C3=CCCCC3)c3c(ccc4ccccc43)n2)c1. The van der Waals surface area contributed by atoms with Crippen molar-refractivity contribution in [3.8, 4) is 11.3 Å². The van der Waals surface area contributed by atoms with Crippen LogP contribution in [0, 0.1) is 10.1 Å². The molecule has 4 nitrogen and oxygen atoms in total. The van der Waals surface area contributed by atoms with Gasteiger partial charge in [-0.25, -0.2) is 4.98 Å². The molecule has 0 saturated heterocycles. The van der Waals surface area contributed by atoms with Crippen molar-refractivity contribution in [3.63, 3.8) is 0 Å². The van der Waals surface area contributed by atoms with Crippen LogP contribution >= 0.6 is 0 Å². The van der Waals surface area contributed by atoms with Crippen molar-refractivity contribution < 1.29 is 4.92 Å². The van der Waals surface area contributed by atoms with Crippen molar-refractivity contribution in [2.75, 3.05) is 0 Å². The molecule has 0 aliphatic heterocycles. The Bertz CT molecular complexity index is 1290. The van der Waals surface area contributed by atoms with Gasteiger partial charge in [-0.15, -0.1) is 0 Å². The van der Waals surface area contributed by atoms with E-state index in [0.717, 1.165) is 29.6 Å². The molecule has 0 amide bonds. The van der Waals surface area contributed by atoms with Crippen LogP contribution in [0.5, 0.6) is 0 Å². The molecular weight excluding hydrogens is 360 g/mol. The number of nitro groups is 1. The minimum absolute atomic E-state index is 0.0846. The maximum atomic E-state index is 11.2. The molecule has 1 aliphatic carbocycles. The number of nitro benzene ring substituents is 1. The van der Waals surface area contributed by atoms with Crippen molar-refractivity contribution in [2.24, 2.45) is 0 Å². The van der Waals surface area contributed by atoms with Gasteiger partial charge in [-0.05, 0) is 59.7 Å². The molecule has 0 N–H and O–H groups in total. The molecule has 142 valence electrons. The summed E-state index contributed by atoms with van der Waals surface area (Å²) in [5, 5.41) is 14.8. The fourth-order valence-corrected chi connectivity index (χ4v) is 4.27. The van der Waals surface area contributed by atoms with Crippen molar-refractivity contribution in [1.82, 2.24) is 4.98 Å². The minimum Gasteiger partial charge on any atom is -0.258 e. The average molecular weight is 380 g/mol. The summed E-state index contributed by atoms with van der Waals surface area (Å²) in [6.07, 6.45) is 6.90. The summed E-state index contributed by atoms with van der Waals surface area (Å²) < 4.78 is 0. The number of benzene rings is 3. The Morgan fingerprint density at radius 1 is 0.931 bits per heavy atom. The molecule has 0 radical (unpaired) electrons. The third-order valence-electron chi connectivity index (χ3n) is 5.69. The first-order valence-corrected chi connectivity index (χ1v) is 9.97. The molecule has 1 aliphatic rings. The third kappa shape index (κ3) is 3.17. The fourth-order valence-electron chi connectivity index (χ4n) is 4.27. The monoisotopic (exact) mass is 380 g/mol. The van der Waals surface area contributed by atoms with Crippen LogP contribution < -0.4 is 0 Å². The number of fused-ring (bicyclic) bond motifs is 3. The Balaban J connectivity index is 1.82. The summed E-state index contributed by atoms with van der Waals surface area (Å²) in [6, 6.07) is 21.4. The van der Waals surface area contributed by atoms with E-state index >= 15 is 0 Å². The van der Waals surface area contributed by atoms with Gasteiger partial charge in [0.2, 0.25) is 0 Å². The predicted octanol–water partition coefficient (Wildman–Crippen LogP) is 6.92. The van der Waals surface area contributed by atoms with Gasteiger partial charge in [0.15, 0.2) is 0 Å². The normalized spacial score (nSPS) is 14.1. The number of hydrogen-bond acceptors (Lipinski definition) is 3. The molecule has 0 spiro atoms. The highest BCUT2D eigenvalue weighted by atomic mass is 16.6. The van der Waals surface area contributed by atoms with E-state index in [4.69, 9.17) is 4.98 Å². The first-order valence-electron chi connectivity index (χ1n) is 9.97. The molecule has 0 unspecified atom stereocenters. The second kappa shape index (κ2) is 7.13. The van der Waals surface area contributed by atoms with Gasteiger partial charge in [-0.3, -0.25) is 10.1 Å². The van der Waals surface area contributed by atoms with Gasteiger partial charge in [0.05, 0.1) is 16.1 Å². The van der Waals surface area contributed by atoms with E-state index in [2.05, 4.69) is 48.5 Å². The van der Waals surface area contributed by atoms with Crippen molar-refractivity contribution >= 4 is 32.9 Å². The molecule has 5 rings (SSSR count). The topological polar surface area (TPSA) is 56.0 Å². The molecule has 1 aromatic heterocycles. The van der Waals surface area contributed by atoms with E-state index in [0.29, 0.717) is 0 Å². The van der Waals surface area contributed by atoms with E-state index in [9.17, 15) is 10.1 Å². The highest BCUT2D eigenvalue weighted by Gasteiger charge is 2.16. The van der Waals surface area contributed by atoms with Gasteiger partial charge in [0.1, 0.15) is 0 Å². The molecule has 0 atom stereocenters. The fraction of sp³-hybridized carbons (Fsp3) is 0.160. The van der Waals surface area contributed by atoms with Crippen LogP contribution in [0.3, 0.4) is 0 Å². The zero-order valence-corrected chi connectivity index (χ0v) is 16.0. The number of nitrogens with zero attached hydrogens (tertiary/aromatic N) is 2.